The van der Waals surface area contributed by atoms with Crippen molar-refractivity contribution in [2.75, 3.05) is 5.32 Å². The molecule has 7 nitrogen and oxygen atoms in total. The van der Waals surface area contributed by atoms with Crippen molar-refractivity contribution >= 4 is 11.7 Å². The van der Waals surface area contributed by atoms with Gasteiger partial charge in [-0.05, 0) is 62.1 Å². The number of pyridine rings is 1. The highest BCUT2D eigenvalue weighted by Crippen LogP contribution is 2.38. The minimum Gasteiger partial charge on any atom is -0.316 e. The molecule has 2 amide bonds. The first-order valence-electron chi connectivity index (χ1n) is 9.76. The molecule has 5 rings (SSSR count). The van der Waals surface area contributed by atoms with Crippen molar-refractivity contribution in [3.63, 3.8) is 0 Å². The van der Waals surface area contributed by atoms with E-state index in [4.69, 9.17) is 0 Å². The molecule has 28 heavy (non-hydrogen) atoms. The van der Waals surface area contributed by atoms with E-state index in [1.165, 1.54) is 12.8 Å². The number of hydrogen-bond acceptors (Lipinski definition) is 4. The molecule has 0 atom stereocenters. The molecule has 2 aromatic heterocycles. The average Bonchev–Trinajstić information content (AvgIpc) is 3.66. The van der Waals surface area contributed by atoms with Gasteiger partial charge in [0.15, 0.2) is 5.82 Å². The normalized spacial score (nSPS) is 16.0. The Kier molecular flexibility index (Phi) is 4.27. The van der Waals surface area contributed by atoms with Crippen LogP contribution in [0.3, 0.4) is 0 Å². The molecule has 2 saturated carbocycles. The molecule has 1 aromatic carbocycles. The van der Waals surface area contributed by atoms with Crippen LogP contribution in [0.25, 0.3) is 11.4 Å². The predicted molar refractivity (Wildman–Crippen MR) is 106 cm³/mol. The van der Waals surface area contributed by atoms with Gasteiger partial charge in [0.1, 0.15) is 5.82 Å². The maximum Gasteiger partial charge on any atom is 0.322 e. The summed E-state index contributed by atoms with van der Waals surface area (Å²) in [6.45, 7) is 0.524. The third-order valence-electron chi connectivity index (χ3n) is 5.17. The van der Waals surface area contributed by atoms with E-state index < -0.39 is 0 Å². The fraction of sp³-hybridized carbons (Fsp3) is 0.333. The summed E-state index contributed by atoms with van der Waals surface area (Å²) >= 11 is 0. The number of carbonyl (C=O) groups excluding carboxylic acids is 1. The summed E-state index contributed by atoms with van der Waals surface area (Å²) in [4.78, 5) is 23.6. The van der Waals surface area contributed by atoms with Gasteiger partial charge in [-0.2, -0.15) is 5.10 Å². The molecule has 2 fully saturated rings. The van der Waals surface area contributed by atoms with E-state index >= 15 is 0 Å². The zero-order valence-corrected chi connectivity index (χ0v) is 15.5. The average molecular weight is 374 g/mol. The first kappa shape index (κ1) is 16.9. The van der Waals surface area contributed by atoms with E-state index in [9.17, 15) is 4.79 Å². The lowest BCUT2D eigenvalue weighted by atomic mass is 10.2. The summed E-state index contributed by atoms with van der Waals surface area (Å²) in [5.74, 6) is 2.23. The standard InChI is InChI=1S/C21H22N6O/c28-21(27(18-10-11-18)13-17-3-1-2-12-22-17)23-16-8-6-15(7-9-16)20-24-19(25-26-20)14-4-5-14/h1-3,6-9,12,14,18H,4-5,10-11,13H2,(H,23,28)(H,24,25,26). The number of nitrogens with one attached hydrogen (secondary N) is 2. The third-order valence-corrected chi connectivity index (χ3v) is 5.17. The summed E-state index contributed by atoms with van der Waals surface area (Å²) < 4.78 is 0. The predicted octanol–water partition coefficient (Wildman–Crippen LogP) is 3.94. The number of benzene rings is 1. The number of amides is 2. The number of nitrogens with zero attached hydrogens (tertiary/aromatic N) is 4. The summed E-state index contributed by atoms with van der Waals surface area (Å²) in [5, 5.41) is 10.3. The molecule has 2 aliphatic carbocycles. The van der Waals surface area contributed by atoms with Crippen molar-refractivity contribution in [3.05, 3.63) is 60.2 Å². The number of aromatic amines is 1. The molecule has 0 radical (unpaired) electrons. The van der Waals surface area contributed by atoms with Gasteiger partial charge in [-0.15, -0.1) is 0 Å². The number of rotatable bonds is 6. The van der Waals surface area contributed by atoms with Crippen LogP contribution in [0.4, 0.5) is 10.5 Å². The van der Waals surface area contributed by atoms with Crippen LogP contribution in [-0.4, -0.2) is 37.1 Å². The van der Waals surface area contributed by atoms with E-state index in [1.807, 2.05) is 47.4 Å². The van der Waals surface area contributed by atoms with Crippen LogP contribution in [0.2, 0.25) is 0 Å². The number of hydrogen-bond donors (Lipinski definition) is 2. The Balaban J connectivity index is 1.26. The first-order valence-corrected chi connectivity index (χ1v) is 9.76. The zero-order chi connectivity index (χ0) is 18.9. The van der Waals surface area contributed by atoms with Crippen LogP contribution in [0, 0.1) is 0 Å². The van der Waals surface area contributed by atoms with Gasteiger partial charge in [0.05, 0.1) is 12.2 Å². The topological polar surface area (TPSA) is 86.8 Å². The second kappa shape index (κ2) is 7.07. The maximum absolute atomic E-state index is 12.8. The SMILES string of the molecule is O=C(Nc1ccc(-c2n[nH]c(C3CC3)n2)cc1)N(Cc1ccccn1)C1CC1. The quantitative estimate of drug-likeness (QED) is 0.684. The zero-order valence-electron chi connectivity index (χ0n) is 15.5. The van der Waals surface area contributed by atoms with Crippen LogP contribution in [0.1, 0.15) is 43.1 Å². The van der Waals surface area contributed by atoms with Crippen LogP contribution in [-0.2, 0) is 6.54 Å². The van der Waals surface area contributed by atoms with Crippen molar-refractivity contribution in [2.45, 2.75) is 44.2 Å². The van der Waals surface area contributed by atoms with E-state index in [2.05, 4.69) is 25.5 Å². The lowest BCUT2D eigenvalue weighted by Gasteiger charge is -2.22. The summed E-state index contributed by atoms with van der Waals surface area (Å²) in [7, 11) is 0. The number of aromatic nitrogens is 4. The number of anilines is 1. The largest absolute Gasteiger partial charge is 0.322 e. The van der Waals surface area contributed by atoms with Gasteiger partial charge in [-0.3, -0.25) is 10.1 Å². The van der Waals surface area contributed by atoms with Crippen LogP contribution < -0.4 is 5.32 Å². The molecule has 0 bridgehead atoms. The molecule has 0 saturated heterocycles. The molecule has 2 heterocycles. The number of urea groups is 1. The van der Waals surface area contributed by atoms with Gasteiger partial charge in [0, 0.05) is 29.4 Å². The smallest absolute Gasteiger partial charge is 0.316 e. The Hall–Kier alpha value is -3.22. The highest BCUT2D eigenvalue weighted by atomic mass is 16.2. The molecule has 0 unspecified atom stereocenters. The van der Waals surface area contributed by atoms with E-state index in [-0.39, 0.29) is 6.03 Å². The maximum atomic E-state index is 12.8. The van der Waals surface area contributed by atoms with Gasteiger partial charge >= 0.3 is 6.03 Å². The van der Waals surface area contributed by atoms with Gasteiger partial charge in [-0.25, -0.2) is 9.78 Å². The Morgan fingerprint density at radius 1 is 1.11 bits per heavy atom. The van der Waals surface area contributed by atoms with Crippen LogP contribution in [0.5, 0.6) is 0 Å². The minimum absolute atomic E-state index is 0.0881. The molecular formula is C21H22N6O. The Labute approximate surface area is 163 Å². The second-order valence-corrected chi connectivity index (χ2v) is 7.51. The van der Waals surface area contributed by atoms with Crippen LogP contribution >= 0.6 is 0 Å². The summed E-state index contributed by atoms with van der Waals surface area (Å²) in [5.41, 5.74) is 2.60. The van der Waals surface area contributed by atoms with Gasteiger partial charge in [0.25, 0.3) is 0 Å². The Morgan fingerprint density at radius 2 is 1.93 bits per heavy atom. The Morgan fingerprint density at radius 3 is 2.61 bits per heavy atom. The molecule has 7 heteroatoms. The lowest BCUT2D eigenvalue weighted by molar-refractivity contribution is 0.205. The molecule has 3 aromatic rings. The monoisotopic (exact) mass is 374 g/mol. The summed E-state index contributed by atoms with van der Waals surface area (Å²) in [6, 6.07) is 13.7. The Bertz CT molecular complexity index is 960. The fourth-order valence-corrected chi connectivity index (χ4v) is 3.26. The molecule has 2 aliphatic rings. The van der Waals surface area contributed by atoms with Crippen molar-refractivity contribution in [3.8, 4) is 11.4 Å². The van der Waals surface area contributed by atoms with Crippen molar-refractivity contribution < 1.29 is 4.79 Å². The van der Waals surface area contributed by atoms with Crippen molar-refractivity contribution in [1.82, 2.24) is 25.1 Å². The highest BCUT2D eigenvalue weighted by molar-refractivity contribution is 5.90. The first-order chi connectivity index (χ1) is 13.8. The molecule has 0 aliphatic heterocycles. The van der Waals surface area contributed by atoms with Crippen molar-refractivity contribution in [2.24, 2.45) is 0 Å². The van der Waals surface area contributed by atoms with E-state index in [0.717, 1.165) is 35.6 Å². The summed E-state index contributed by atoms with van der Waals surface area (Å²) in [6.07, 6.45) is 6.24. The molecule has 2 N–H and O–H groups in total. The highest BCUT2D eigenvalue weighted by Gasteiger charge is 2.33. The van der Waals surface area contributed by atoms with Gasteiger partial charge in [-0.1, -0.05) is 6.07 Å². The third kappa shape index (κ3) is 3.74. The number of carbonyl (C=O) groups is 1. The number of H-pyrrole nitrogens is 1. The molecule has 142 valence electrons. The fourth-order valence-electron chi connectivity index (χ4n) is 3.26. The molecular weight excluding hydrogens is 352 g/mol. The van der Waals surface area contributed by atoms with E-state index in [0.29, 0.717) is 24.3 Å². The lowest BCUT2D eigenvalue weighted by Crippen LogP contribution is -2.36. The molecule has 0 spiro atoms. The van der Waals surface area contributed by atoms with Gasteiger partial charge < -0.3 is 10.2 Å². The van der Waals surface area contributed by atoms with Gasteiger partial charge in [0.2, 0.25) is 0 Å². The van der Waals surface area contributed by atoms with Crippen LogP contribution in [0.15, 0.2) is 48.7 Å². The second-order valence-electron chi connectivity index (χ2n) is 7.51. The minimum atomic E-state index is -0.0881. The van der Waals surface area contributed by atoms with Crippen molar-refractivity contribution in [1.29, 1.82) is 0 Å². The van der Waals surface area contributed by atoms with E-state index in [1.54, 1.807) is 6.20 Å².